The lowest BCUT2D eigenvalue weighted by atomic mass is 10.3. The first-order chi connectivity index (χ1) is 13.0. The SMILES string of the molecule is CC(=O)Oc1ccc(O)cc1.O=C(Nc1ccccc1)Nc1ccccc1. The van der Waals surface area contributed by atoms with E-state index in [0.29, 0.717) is 5.75 Å². The number of hydrogen-bond acceptors (Lipinski definition) is 4. The summed E-state index contributed by atoms with van der Waals surface area (Å²) >= 11 is 0. The maximum Gasteiger partial charge on any atom is 0.323 e. The molecule has 0 spiro atoms. The average molecular weight is 364 g/mol. The summed E-state index contributed by atoms with van der Waals surface area (Å²) in [6.45, 7) is 1.33. The van der Waals surface area contributed by atoms with Crippen LogP contribution in [0.15, 0.2) is 84.9 Å². The Kier molecular flexibility index (Phi) is 7.41. The van der Waals surface area contributed by atoms with Gasteiger partial charge >= 0.3 is 12.0 Å². The molecule has 6 heteroatoms. The summed E-state index contributed by atoms with van der Waals surface area (Å²) < 4.78 is 4.72. The Bertz CT molecular complexity index is 807. The van der Waals surface area contributed by atoms with Crippen molar-refractivity contribution < 1.29 is 19.4 Å². The van der Waals surface area contributed by atoms with Crippen molar-refractivity contribution in [2.45, 2.75) is 6.92 Å². The molecule has 3 N–H and O–H groups in total. The quantitative estimate of drug-likeness (QED) is 0.466. The number of phenolic OH excluding ortho intramolecular Hbond substituents is 1. The highest BCUT2D eigenvalue weighted by Gasteiger charge is 2.00. The van der Waals surface area contributed by atoms with Gasteiger partial charge in [-0.1, -0.05) is 36.4 Å². The molecule has 0 saturated heterocycles. The molecule has 138 valence electrons. The first kappa shape index (κ1) is 19.5. The van der Waals surface area contributed by atoms with E-state index in [1.165, 1.54) is 31.2 Å². The summed E-state index contributed by atoms with van der Waals surface area (Å²) in [5, 5.41) is 14.3. The van der Waals surface area contributed by atoms with E-state index in [-0.39, 0.29) is 17.7 Å². The molecule has 0 bridgehead atoms. The standard InChI is InChI=1S/C13H12N2O.C8H8O3/c16-13(14-11-7-3-1-4-8-11)15-12-9-5-2-6-10-12;1-6(9)11-8-4-2-7(10)3-5-8/h1-10H,(H2,14,15,16);2-5,10H,1H3. The molecule has 0 saturated carbocycles. The lowest BCUT2D eigenvalue weighted by Crippen LogP contribution is -2.19. The number of benzene rings is 3. The third-order valence-electron chi connectivity index (χ3n) is 3.16. The number of nitrogens with one attached hydrogen (secondary N) is 2. The van der Waals surface area contributed by atoms with Crippen LogP contribution in [0.2, 0.25) is 0 Å². The number of ether oxygens (including phenoxy) is 1. The lowest BCUT2D eigenvalue weighted by Gasteiger charge is -2.06. The second-order valence-corrected chi connectivity index (χ2v) is 5.40. The molecular weight excluding hydrogens is 344 g/mol. The molecule has 0 aliphatic heterocycles. The zero-order chi connectivity index (χ0) is 19.5. The van der Waals surface area contributed by atoms with Gasteiger partial charge in [0.2, 0.25) is 0 Å². The highest BCUT2D eigenvalue weighted by Crippen LogP contribution is 2.15. The van der Waals surface area contributed by atoms with E-state index >= 15 is 0 Å². The van der Waals surface area contributed by atoms with Crippen LogP contribution in [0.4, 0.5) is 16.2 Å². The van der Waals surface area contributed by atoms with Crippen LogP contribution in [0.1, 0.15) is 6.92 Å². The molecule has 0 aliphatic carbocycles. The molecule has 2 amide bonds. The van der Waals surface area contributed by atoms with Crippen molar-refractivity contribution in [3.63, 3.8) is 0 Å². The zero-order valence-electron chi connectivity index (χ0n) is 14.8. The molecule has 3 rings (SSSR count). The Morgan fingerprint density at radius 3 is 1.59 bits per heavy atom. The number of urea groups is 1. The van der Waals surface area contributed by atoms with E-state index in [1.807, 2.05) is 60.7 Å². The van der Waals surface area contributed by atoms with Gasteiger partial charge in [-0.05, 0) is 48.5 Å². The van der Waals surface area contributed by atoms with Crippen LogP contribution in [0.25, 0.3) is 0 Å². The third-order valence-corrected chi connectivity index (χ3v) is 3.16. The van der Waals surface area contributed by atoms with E-state index in [4.69, 9.17) is 9.84 Å². The van der Waals surface area contributed by atoms with E-state index in [2.05, 4.69) is 10.6 Å². The predicted molar refractivity (Wildman–Crippen MR) is 105 cm³/mol. The Morgan fingerprint density at radius 2 is 1.19 bits per heavy atom. The minimum absolute atomic E-state index is 0.154. The minimum atomic E-state index is -0.365. The monoisotopic (exact) mass is 364 g/mol. The van der Waals surface area contributed by atoms with Crippen LogP contribution in [-0.2, 0) is 4.79 Å². The molecule has 3 aromatic rings. The second kappa shape index (κ2) is 10.2. The van der Waals surface area contributed by atoms with Crippen LogP contribution in [-0.4, -0.2) is 17.1 Å². The topological polar surface area (TPSA) is 87.7 Å². The molecule has 27 heavy (non-hydrogen) atoms. The van der Waals surface area contributed by atoms with Gasteiger partial charge in [-0.3, -0.25) is 4.79 Å². The van der Waals surface area contributed by atoms with Gasteiger partial charge in [-0.15, -0.1) is 0 Å². The molecule has 0 heterocycles. The normalized spacial score (nSPS) is 9.37. The number of esters is 1. The molecule has 0 atom stereocenters. The summed E-state index contributed by atoms with van der Waals surface area (Å²) in [5.41, 5.74) is 1.55. The molecule has 0 fully saturated rings. The maximum absolute atomic E-state index is 11.6. The lowest BCUT2D eigenvalue weighted by molar-refractivity contribution is -0.131. The molecule has 3 aromatic carbocycles. The first-order valence-electron chi connectivity index (χ1n) is 8.18. The number of hydrogen-bond donors (Lipinski definition) is 3. The minimum Gasteiger partial charge on any atom is -0.508 e. The van der Waals surface area contributed by atoms with Gasteiger partial charge in [0.15, 0.2) is 0 Å². The molecule has 0 aliphatic rings. The van der Waals surface area contributed by atoms with Crippen LogP contribution in [0, 0.1) is 0 Å². The Labute approximate surface area is 157 Å². The summed E-state index contributed by atoms with van der Waals surface area (Å²) in [5.74, 6) is 0.229. The van der Waals surface area contributed by atoms with Crippen molar-refractivity contribution in [2.75, 3.05) is 10.6 Å². The van der Waals surface area contributed by atoms with Gasteiger partial charge in [-0.2, -0.15) is 0 Å². The smallest absolute Gasteiger partial charge is 0.323 e. The summed E-state index contributed by atoms with van der Waals surface area (Å²) in [6.07, 6.45) is 0. The average Bonchev–Trinajstić information content (AvgIpc) is 2.65. The fourth-order valence-electron chi connectivity index (χ4n) is 2.02. The van der Waals surface area contributed by atoms with Gasteiger partial charge in [0, 0.05) is 18.3 Å². The van der Waals surface area contributed by atoms with Crippen molar-refractivity contribution in [3.8, 4) is 11.5 Å². The number of carbonyl (C=O) groups excluding carboxylic acids is 2. The number of aromatic hydroxyl groups is 1. The maximum atomic E-state index is 11.6. The van der Waals surface area contributed by atoms with E-state index in [9.17, 15) is 9.59 Å². The van der Waals surface area contributed by atoms with E-state index in [1.54, 1.807) is 0 Å². The van der Waals surface area contributed by atoms with Crippen LogP contribution in [0.3, 0.4) is 0 Å². The molecular formula is C21H20N2O4. The summed E-state index contributed by atoms with van der Waals surface area (Å²) in [6, 6.07) is 24.4. The molecule has 0 aromatic heterocycles. The van der Waals surface area contributed by atoms with Gasteiger partial charge in [0.1, 0.15) is 11.5 Å². The third kappa shape index (κ3) is 7.74. The van der Waals surface area contributed by atoms with Gasteiger partial charge in [0.25, 0.3) is 0 Å². The van der Waals surface area contributed by atoms with Crippen molar-refractivity contribution in [2.24, 2.45) is 0 Å². The van der Waals surface area contributed by atoms with Gasteiger partial charge < -0.3 is 20.5 Å². The van der Waals surface area contributed by atoms with Gasteiger partial charge in [-0.25, -0.2) is 4.79 Å². The fraction of sp³-hybridized carbons (Fsp3) is 0.0476. The van der Waals surface area contributed by atoms with Crippen molar-refractivity contribution in [3.05, 3.63) is 84.9 Å². The Morgan fingerprint density at radius 1 is 0.741 bits per heavy atom. The van der Waals surface area contributed by atoms with Crippen molar-refractivity contribution in [1.29, 1.82) is 0 Å². The number of phenols is 1. The van der Waals surface area contributed by atoms with Crippen LogP contribution in [0.5, 0.6) is 11.5 Å². The Balaban J connectivity index is 0.000000208. The fourth-order valence-corrected chi connectivity index (χ4v) is 2.02. The zero-order valence-corrected chi connectivity index (χ0v) is 14.8. The summed E-state index contributed by atoms with van der Waals surface area (Å²) in [4.78, 5) is 22.0. The largest absolute Gasteiger partial charge is 0.508 e. The second-order valence-electron chi connectivity index (χ2n) is 5.40. The van der Waals surface area contributed by atoms with Crippen LogP contribution < -0.4 is 15.4 Å². The van der Waals surface area contributed by atoms with Crippen molar-refractivity contribution in [1.82, 2.24) is 0 Å². The van der Waals surface area contributed by atoms with Crippen molar-refractivity contribution >= 4 is 23.4 Å². The molecule has 0 unspecified atom stereocenters. The number of anilines is 2. The number of rotatable bonds is 3. The molecule has 0 radical (unpaired) electrons. The van der Waals surface area contributed by atoms with E-state index in [0.717, 1.165) is 11.4 Å². The predicted octanol–water partition coefficient (Wildman–Crippen LogP) is 4.65. The Hall–Kier alpha value is -3.80. The number of amides is 2. The number of para-hydroxylation sites is 2. The highest BCUT2D eigenvalue weighted by molar-refractivity contribution is 5.99. The summed E-state index contributed by atoms with van der Waals surface area (Å²) in [7, 11) is 0. The highest BCUT2D eigenvalue weighted by atomic mass is 16.5. The first-order valence-corrected chi connectivity index (χ1v) is 8.18. The number of carbonyl (C=O) groups is 2. The van der Waals surface area contributed by atoms with Gasteiger partial charge in [0.05, 0.1) is 0 Å². The van der Waals surface area contributed by atoms with Crippen LogP contribution >= 0.6 is 0 Å². The molecule has 6 nitrogen and oxygen atoms in total. The van der Waals surface area contributed by atoms with E-state index < -0.39 is 0 Å².